The van der Waals surface area contributed by atoms with Crippen LogP contribution in [0.25, 0.3) is 5.76 Å². The van der Waals surface area contributed by atoms with Crippen LogP contribution < -0.4 is 19.9 Å². The number of ketones is 1. The maximum Gasteiger partial charge on any atom is 0.300 e. The zero-order valence-corrected chi connectivity index (χ0v) is 21.2. The Labute approximate surface area is 215 Å². The number of carbonyl (C=O) groups excluding carboxylic acids is 3. The van der Waals surface area contributed by atoms with E-state index in [9.17, 15) is 19.5 Å². The Kier molecular flexibility index (Phi) is 7.29. The summed E-state index contributed by atoms with van der Waals surface area (Å²) in [5.41, 5.74) is 2.88. The third-order valence-electron chi connectivity index (χ3n) is 6.05. The van der Waals surface area contributed by atoms with Crippen LogP contribution in [0.5, 0.6) is 5.75 Å². The number of nitrogens with zero attached hydrogens (tertiary/aromatic N) is 2. The van der Waals surface area contributed by atoms with Gasteiger partial charge in [-0.05, 0) is 67.1 Å². The normalized spacial score (nSPS) is 16.5. The first-order chi connectivity index (χ1) is 17.7. The van der Waals surface area contributed by atoms with Crippen molar-refractivity contribution in [3.8, 4) is 5.75 Å². The molecular formula is C29H29N3O5. The molecule has 190 valence electrons. The molecule has 4 rings (SSSR count). The van der Waals surface area contributed by atoms with E-state index in [2.05, 4.69) is 5.32 Å². The van der Waals surface area contributed by atoms with E-state index in [0.717, 1.165) is 5.69 Å². The number of amides is 2. The second-order valence-corrected chi connectivity index (χ2v) is 8.84. The molecule has 37 heavy (non-hydrogen) atoms. The summed E-state index contributed by atoms with van der Waals surface area (Å²) in [5.74, 6) is -1.47. The van der Waals surface area contributed by atoms with Gasteiger partial charge in [0, 0.05) is 43.6 Å². The number of benzene rings is 3. The zero-order chi connectivity index (χ0) is 26.7. The minimum Gasteiger partial charge on any atom is -0.507 e. The summed E-state index contributed by atoms with van der Waals surface area (Å²) in [6, 6.07) is 20.0. The molecule has 1 aliphatic heterocycles. The molecular weight excluding hydrogens is 470 g/mol. The number of hydrogen-bond acceptors (Lipinski definition) is 6. The van der Waals surface area contributed by atoms with Gasteiger partial charge in [0.1, 0.15) is 11.5 Å². The van der Waals surface area contributed by atoms with Crippen molar-refractivity contribution in [1.82, 2.24) is 0 Å². The van der Waals surface area contributed by atoms with Crippen LogP contribution in [0, 0.1) is 0 Å². The lowest BCUT2D eigenvalue weighted by Crippen LogP contribution is -2.29. The quantitative estimate of drug-likeness (QED) is 0.277. The van der Waals surface area contributed by atoms with Crippen molar-refractivity contribution in [2.45, 2.75) is 19.9 Å². The van der Waals surface area contributed by atoms with Gasteiger partial charge >= 0.3 is 0 Å². The SMILES string of the molecule is CCOc1ccc(/C(O)=C2\C(=O)C(=O)N(c3cccc(NC(C)=O)c3)C2c2ccc(N(C)C)cc2)cc1. The number of hydrogen-bond donors (Lipinski definition) is 2. The topological polar surface area (TPSA) is 99.2 Å². The second kappa shape index (κ2) is 10.6. The van der Waals surface area contributed by atoms with E-state index in [1.807, 2.05) is 50.2 Å². The van der Waals surface area contributed by atoms with Gasteiger partial charge in [-0.15, -0.1) is 0 Å². The van der Waals surface area contributed by atoms with E-state index in [4.69, 9.17) is 4.74 Å². The van der Waals surface area contributed by atoms with Crippen molar-refractivity contribution in [2.75, 3.05) is 35.8 Å². The smallest absolute Gasteiger partial charge is 0.300 e. The summed E-state index contributed by atoms with van der Waals surface area (Å²) < 4.78 is 5.48. The van der Waals surface area contributed by atoms with Gasteiger partial charge in [0.15, 0.2) is 0 Å². The first-order valence-corrected chi connectivity index (χ1v) is 11.9. The van der Waals surface area contributed by atoms with Crippen LogP contribution in [-0.2, 0) is 14.4 Å². The number of ether oxygens (including phenoxy) is 1. The highest BCUT2D eigenvalue weighted by molar-refractivity contribution is 6.51. The predicted molar refractivity (Wildman–Crippen MR) is 144 cm³/mol. The molecule has 8 nitrogen and oxygen atoms in total. The Balaban J connectivity index is 1.87. The molecule has 0 aliphatic carbocycles. The van der Waals surface area contributed by atoms with E-state index < -0.39 is 17.7 Å². The van der Waals surface area contributed by atoms with E-state index >= 15 is 0 Å². The van der Waals surface area contributed by atoms with E-state index in [1.54, 1.807) is 48.5 Å². The fourth-order valence-corrected chi connectivity index (χ4v) is 4.34. The molecule has 1 heterocycles. The number of aliphatic hydroxyl groups excluding tert-OH is 1. The van der Waals surface area contributed by atoms with Gasteiger partial charge in [0.2, 0.25) is 5.91 Å². The van der Waals surface area contributed by atoms with E-state index in [-0.39, 0.29) is 17.2 Å². The Morgan fingerprint density at radius 2 is 1.70 bits per heavy atom. The number of aliphatic hydroxyl groups is 1. The van der Waals surface area contributed by atoms with Crippen molar-refractivity contribution in [1.29, 1.82) is 0 Å². The van der Waals surface area contributed by atoms with Gasteiger partial charge in [0.25, 0.3) is 11.7 Å². The first kappa shape index (κ1) is 25.5. The highest BCUT2D eigenvalue weighted by Gasteiger charge is 2.47. The van der Waals surface area contributed by atoms with Crippen LogP contribution in [0.15, 0.2) is 78.4 Å². The maximum atomic E-state index is 13.4. The maximum absolute atomic E-state index is 13.4. The van der Waals surface area contributed by atoms with Crippen molar-refractivity contribution < 1.29 is 24.2 Å². The Hall–Kier alpha value is -4.59. The molecule has 0 aromatic heterocycles. The van der Waals surface area contributed by atoms with Crippen molar-refractivity contribution >= 4 is 40.4 Å². The summed E-state index contributed by atoms with van der Waals surface area (Å²) in [6.07, 6.45) is 0. The lowest BCUT2D eigenvalue weighted by atomic mass is 9.95. The van der Waals surface area contributed by atoms with Crippen LogP contribution in [-0.4, -0.2) is 43.4 Å². The van der Waals surface area contributed by atoms with Crippen LogP contribution in [0.1, 0.15) is 31.0 Å². The fraction of sp³-hybridized carbons (Fsp3) is 0.207. The van der Waals surface area contributed by atoms with Crippen molar-refractivity contribution in [2.24, 2.45) is 0 Å². The molecule has 1 atom stereocenters. The summed E-state index contributed by atoms with van der Waals surface area (Å²) in [7, 11) is 3.83. The van der Waals surface area contributed by atoms with Gasteiger partial charge in [0.05, 0.1) is 18.2 Å². The Morgan fingerprint density at radius 3 is 2.30 bits per heavy atom. The van der Waals surface area contributed by atoms with Crippen molar-refractivity contribution in [3.05, 3.63) is 89.5 Å². The molecule has 0 saturated carbocycles. The first-order valence-electron chi connectivity index (χ1n) is 11.9. The van der Waals surface area contributed by atoms with Crippen molar-refractivity contribution in [3.63, 3.8) is 0 Å². The van der Waals surface area contributed by atoms with Gasteiger partial charge in [-0.25, -0.2) is 0 Å². The lowest BCUT2D eigenvalue weighted by Gasteiger charge is -2.26. The predicted octanol–water partition coefficient (Wildman–Crippen LogP) is 4.74. The van der Waals surface area contributed by atoms with Gasteiger partial charge < -0.3 is 20.1 Å². The average molecular weight is 500 g/mol. The number of carbonyl (C=O) groups is 3. The summed E-state index contributed by atoms with van der Waals surface area (Å²) in [4.78, 5) is 41.7. The molecule has 8 heteroatoms. The monoisotopic (exact) mass is 499 g/mol. The van der Waals surface area contributed by atoms with Gasteiger partial charge in [-0.3, -0.25) is 19.3 Å². The van der Waals surface area contributed by atoms with E-state index in [1.165, 1.54) is 11.8 Å². The summed E-state index contributed by atoms with van der Waals surface area (Å²) in [6.45, 7) is 3.76. The van der Waals surface area contributed by atoms with Gasteiger partial charge in [-0.1, -0.05) is 18.2 Å². The number of anilines is 3. The number of Topliss-reactive ketones (excluding diaryl/α,β-unsaturated/α-hetero) is 1. The van der Waals surface area contributed by atoms with Crippen LogP contribution in [0.2, 0.25) is 0 Å². The van der Waals surface area contributed by atoms with Gasteiger partial charge in [-0.2, -0.15) is 0 Å². The lowest BCUT2D eigenvalue weighted by molar-refractivity contribution is -0.132. The average Bonchev–Trinajstić information content (AvgIpc) is 3.14. The molecule has 1 saturated heterocycles. The molecule has 1 fully saturated rings. The van der Waals surface area contributed by atoms with Crippen LogP contribution >= 0.6 is 0 Å². The third kappa shape index (κ3) is 5.18. The molecule has 0 radical (unpaired) electrons. The standard InChI is InChI=1S/C29H29N3O5/c1-5-37-24-15-11-20(12-16-24)27(34)25-26(19-9-13-22(14-10-19)31(3)4)32(29(36)28(25)35)23-8-6-7-21(17-23)30-18(2)33/h6-17,26,34H,5H2,1-4H3,(H,30,33)/b27-25+. The highest BCUT2D eigenvalue weighted by Crippen LogP contribution is 2.43. The molecule has 3 aromatic carbocycles. The molecule has 0 spiro atoms. The molecule has 2 amide bonds. The number of rotatable bonds is 7. The third-order valence-corrected chi connectivity index (χ3v) is 6.05. The van der Waals surface area contributed by atoms with Crippen LogP contribution in [0.3, 0.4) is 0 Å². The van der Waals surface area contributed by atoms with Crippen LogP contribution in [0.4, 0.5) is 17.1 Å². The minimum absolute atomic E-state index is 0.0170. The molecule has 1 aliphatic rings. The molecule has 2 N–H and O–H groups in total. The largest absolute Gasteiger partial charge is 0.507 e. The minimum atomic E-state index is -0.879. The Morgan fingerprint density at radius 1 is 1.03 bits per heavy atom. The van der Waals surface area contributed by atoms with E-state index in [0.29, 0.717) is 34.9 Å². The molecule has 3 aromatic rings. The molecule has 0 bridgehead atoms. The summed E-state index contributed by atoms with van der Waals surface area (Å²) in [5, 5.41) is 14.0. The fourth-order valence-electron chi connectivity index (χ4n) is 4.34. The second-order valence-electron chi connectivity index (χ2n) is 8.84. The zero-order valence-electron chi connectivity index (χ0n) is 21.2. The number of nitrogens with one attached hydrogen (secondary N) is 1. The Bertz CT molecular complexity index is 1360. The molecule has 1 unspecified atom stereocenters. The highest BCUT2D eigenvalue weighted by atomic mass is 16.5. The summed E-state index contributed by atoms with van der Waals surface area (Å²) >= 11 is 0.